The standard InChI is InChI=1S/C23H26O2/c1-15-13-21(15)16(2)19-9-6-10-20(22(24)18-11-12-18)23(19)25-14-17-7-4-3-5-8-17/h3-10,15-16,18,21H,11-14H2,1-2H3/t15-,16?,21?/m0/s1. The Morgan fingerprint density at radius 3 is 2.48 bits per heavy atom. The molecule has 3 atom stereocenters. The number of benzene rings is 2. The molecule has 0 bridgehead atoms. The molecule has 2 unspecified atom stereocenters. The number of hydrogen-bond acceptors (Lipinski definition) is 2. The van der Waals surface area contributed by atoms with Crippen LogP contribution in [0.15, 0.2) is 48.5 Å². The molecule has 2 fully saturated rings. The summed E-state index contributed by atoms with van der Waals surface area (Å²) < 4.78 is 6.27. The van der Waals surface area contributed by atoms with Gasteiger partial charge in [-0.2, -0.15) is 0 Å². The molecule has 2 aliphatic carbocycles. The van der Waals surface area contributed by atoms with E-state index >= 15 is 0 Å². The zero-order chi connectivity index (χ0) is 17.4. The van der Waals surface area contributed by atoms with E-state index in [0.717, 1.165) is 35.6 Å². The normalized spacial score (nSPS) is 23.1. The molecule has 130 valence electrons. The van der Waals surface area contributed by atoms with Crippen molar-refractivity contribution in [3.8, 4) is 5.75 Å². The monoisotopic (exact) mass is 334 g/mol. The van der Waals surface area contributed by atoms with Crippen LogP contribution in [0.5, 0.6) is 5.75 Å². The Balaban J connectivity index is 1.65. The molecule has 0 heterocycles. The predicted molar refractivity (Wildman–Crippen MR) is 100.0 cm³/mol. The molecule has 4 rings (SSSR count). The Hall–Kier alpha value is -2.09. The molecule has 2 heteroatoms. The van der Waals surface area contributed by atoms with Crippen LogP contribution in [-0.4, -0.2) is 5.78 Å². The molecule has 2 aromatic carbocycles. The third-order valence-electron chi connectivity index (χ3n) is 5.79. The summed E-state index contributed by atoms with van der Waals surface area (Å²) in [5.41, 5.74) is 3.13. The minimum atomic E-state index is 0.212. The molecule has 25 heavy (non-hydrogen) atoms. The minimum absolute atomic E-state index is 0.212. The van der Waals surface area contributed by atoms with Gasteiger partial charge in [0.25, 0.3) is 0 Å². The first-order chi connectivity index (χ1) is 12.1. The van der Waals surface area contributed by atoms with E-state index in [1.54, 1.807) is 0 Å². The second kappa shape index (κ2) is 6.67. The summed E-state index contributed by atoms with van der Waals surface area (Å²) in [6, 6.07) is 16.3. The summed E-state index contributed by atoms with van der Waals surface area (Å²) in [4.78, 5) is 12.8. The fourth-order valence-corrected chi connectivity index (χ4v) is 3.84. The van der Waals surface area contributed by atoms with E-state index in [4.69, 9.17) is 4.74 Å². The SMILES string of the molecule is CC(c1cccc(C(=O)C2CC2)c1OCc1ccccc1)C1C[C@@H]1C. The largest absolute Gasteiger partial charge is 0.488 e. The van der Waals surface area contributed by atoms with Crippen molar-refractivity contribution < 1.29 is 9.53 Å². The highest BCUT2D eigenvalue weighted by molar-refractivity contribution is 6.02. The van der Waals surface area contributed by atoms with Gasteiger partial charge in [0, 0.05) is 5.92 Å². The van der Waals surface area contributed by atoms with E-state index in [-0.39, 0.29) is 11.7 Å². The molecule has 2 aliphatic rings. The Morgan fingerprint density at radius 1 is 1.12 bits per heavy atom. The molecule has 2 saturated carbocycles. The van der Waals surface area contributed by atoms with Crippen molar-refractivity contribution in [2.45, 2.75) is 45.6 Å². The first-order valence-electron chi connectivity index (χ1n) is 9.49. The van der Waals surface area contributed by atoms with Crippen LogP contribution in [0.4, 0.5) is 0 Å². The Labute approximate surface area is 150 Å². The van der Waals surface area contributed by atoms with Crippen LogP contribution in [0.1, 0.15) is 60.5 Å². The highest BCUT2D eigenvalue weighted by Gasteiger charge is 2.40. The number of ketones is 1. The molecular formula is C23H26O2. The van der Waals surface area contributed by atoms with Crippen LogP contribution >= 0.6 is 0 Å². The third kappa shape index (κ3) is 3.49. The number of hydrogen-bond donors (Lipinski definition) is 0. The summed E-state index contributed by atoms with van der Waals surface area (Å²) in [5, 5.41) is 0. The lowest BCUT2D eigenvalue weighted by Crippen LogP contribution is -2.10. The molecule has 0 spiro atoms. The number of Topliss-reactive ketones (excluding diaryl/α,β-unsaturated/α-hetero) is 1. The van der Waals surface area contributed by atoms with Gasteiger partial charge in [-0.25, -0.2) is 0 Å². The van der Waals surface area contributed by atoms with Gasteiger partial charge in [-0.1, -0.05) is 56.3 Å². The second-order valence-corrected chi connectivity index (χ2v) is 7.80. The maximum atomic E-state index is 12.8. The van der Waals surface area contributed by atoms with E-state index in [1.807, 2.05) is 30.3 Å². The first kappa shape index (κ1) is 16.4. The lowest BCUT2D eigenvalue weighted by Gasteiger charge is -2.20. The molecule has 0 radical (unpaired) electrons. The molecule has 0 aliphatic heterocycles. The maximum Gasteiger partial charge on any atom is 0.169 e. The van der Waals surface area contributed by atoms with Crippen molar-refractivity contribution in [3.63, 3.8) is 0 Å². The number of rotatable bonds is 7. The van der Waals surface area contributed by atoms with E-state index in [2.05, 4.69) is 32.0 Å². The third-order valence-corrected chi connectivity index (χ3v) is 5.79. The van der Waals surface area contributed by atoms with Crippen LogP contribution in [0.25, 0.3) is 0 Å². The van der Waals surface area contributed by atoms with Gasteiger partial charge in [0.15, 0.2) is 5.78 Å². The highest BCUT2D eigenvalue weighted by Crippen LogP contribution is 2.50. The fourth-order valence-electron chi connectivity index (χ4n) is 3.84. The van der Waals surface area contributed by atoms with Crippen molar-refractivity contribution in [2.24, 2.45) is 17.8 Å². The predicted octanol–water partition coefficient (Wildman–Crippen LogP) is 5.62. The second-order valence-electron chi connectivity index (χ2n) is 7.80. The molecular weight excluding hydrogens is 308 g/mol. The van der Waals surface area contributed by atoms with Crippen LogP contribution in [0, 0.1) is 17.8 Å². The molecule has 2 aromatic rings. The van der Waals surface area contributed by atoms with Crippen molar-refractivity contribution in [2.75, 3.05) is 0 Å². The highest BCUT2D eigenvalue weighted by atomic mass is 16.5. The van der Waals surface area contributed by atoms with E-state index in [0.29, 0.717) is 18.4 Å². The quantitative estimate of drug-likeness (QED) is 0.614. The minimum Gasteiger partial charge on any atom is -0.488 e. The average molecular weight is 334 g/mol. The van der Waals surface area contributed by atoms with Crippen LogP contribution in [0.3, 0.4) is 0 Å². The Morgan fingerprint density at radius 2 is 1.84 bits per heavy atom. The zero-order valence-electron chi connectivity index (χ0n) is 15.1. The van der Waals surface area contributed by atoms with E-state index in [9.17, 15) is 4.79 Å². The average Bonchev–Trinajstić information content (AvgIpc) is 3.55. The van der Waals surface area contributed by atoms with Crippen molar-refractivity contribution in [1.82, 2.24) is 0 Å². The van der Waals surface area contributed by atoms with Crippen molar-refractivity contribution >= 4 is 5.78 Å². The zero-order valence-corrected chi connectivity index (χ0v) is 15.1. The van der Waals surface area contributed by atoms with E-state index < -0.39 is 0 Å². The van der Waals surface area contributed by atoms with Crippen molar-refractivity contribution in [1.29, 1.82) is 0 Å². The smallest absolute Gasteiger partial charge is 0.169 e. The van der Waals surface area contributed by atoms with Gasteiger partial charge in [-0.15, -0.1) is 0 Å². The number of ether oxygens (including phenoxy) is 1. The van der Waals surface area contributed by atoms with Crippen LogP contribution < -0.4 is 4.74 Å². The number of carbonyl (C=O) groups excluding carboxylic acids is 1. The molecule has 0 N–H and O–H groups in total. The Kier molecular flexibility index (Phi) is 4.37. The molecule has 0 aromatic heterocycles. The molecule has 2 nitrogen and oxygen atoms in total. The fraction of sp³-hybridized carbons (Fsp3) is 0.435. The Bertz CT molecular complexity index is 761. The summed E-state index contributed by atoms with van der Waals surface area (Å²) in [6.45, 7) is 5.10. The summed E-state index contributed by atoms with van der Waals surface area (Å²) >= 11 is 0. The van der Waals surface area contributed by atoms with Gasteiger partial charge in [0.2, 0.25) is 0 Å². The van der Waals surface area contributed by atoms with Crippen molar-refractivity contribution in [3.05, 3.63) is 65.2 Å². The molecule has 0 amide bonds. The summed E-state index contributed by atoms with van der Waals surface area (Å²) in [7, 11) is 0. The maximum absolute atomic E-state index is 12.8. The first-order valence-corrected chi connectivity index (χ1v) is 9.49. The topological polar surface area (TPSA) is 26.3 Å². The molecule has 0 saturated heterocycles. The number of para-hydroxylation sites is 1. The van der Waals surface area contributed by atoms with Gasteiger partial charge >= 0.3 is 0 Å². The summed E-state index contributed by atoms with van der Waals surface area (Å²) in [6.07, 6.45) is 3.33. The number of carbonyl (C=O) groups is 1. The van der Waals surface area contributed by atoms with E-state index in [1.165, 1.54) is 12.0 Å². The van der Waals surface area contributed by atoms with Gasteiger partial charge in [0.1, 0.15) is 12.4 Å². The summed E-state index contributed by atoms with van der Waals surface area (Å²) in [5.74, 6) is 3.23. The lowest BCUT2D eigenvalue weighted by atomic mass is 9.91. The van der Waals surface area contributed by atoms with Crippen LogP contribution in [-0.2, 0) is 6.61 Å². The van der Waals surface area contributed by atoms with Gasteiger partial charge in [0.05, 0.1) is 5.56 Å². The van der Waals surface area contributed by atoms with Crippen LogP contribution in [0.2, 0.25) is 0 Å². The van der Waals surface area contributed by atoms with Gasteiger partial charge < -0.3 is 4.74 Å². The van der Waals surface area contributed by atoms with Gasteiger partial charge in [-0.3, -0.25) is 4.79 Å². The lowest BCUT2D eigenvalue weighted by molar-refractivity contribution is 0.0963. The van der Waals surface area contributed by atoms with Gasteiger partial charge in [-0.05, 0) is 54.2 Å².